The third kappa shape index (κ3) is 5.29. The van der Waals surface area contributed by atoms with Crippen molar-refractivity contribution in [1.82, 2.24) is 0 Å². The minimum Gasteiger partial charge on any atom is -0.493 e. The number of hydrogen-bond donors (Lipinski definition) is 1. The van der Waals surface area contributed by atoms with Gasteiger partial charge in [0.05, 0.1) is 19.3 Å². The van der Waals surface area contributed by atoms with Crippen molar-refractivity contribution in [2.45, 2.75) is 45.1 Å². The van der Waals surface area contributed by atoms with Gasteiger partial charge >= 0.3 is 0 Å². The van der Waals surface area contributed by atoms with Crippen LogP contribution in [0.25, 0.3) is 0 Å². The van der Waals surface area contributed by atoms with E-state index in [1.807, 2.05) is 24.3 Å². The van der Waals surface area contributed by atoms with Crippen LogP contribution in [0, 0.1) is 5.92 Å². The molecule has 0 radical (unpaired) electrons. The summed E-state index contributed by atoms with van der Waals surface area (Å²) in [6.45, 7) is 3.72. The first kappa shape index (κ1) is 16.2. The van der Waals surface area contributed by atoms with E-state index >= 15 is 0 Å². The number of ether oxygens (including phenoxy) is 2. The fourth-order valence-corrected chi connectivity index (χ4v) is 2.88. The van der Waals surface area contributed by atoms with Crippen LogP contribution >= 0.6 is 12.2 Å². The number of nitrogens with two attached hydrogens (primary N) is 1. The molecule has 3 nitrogen and oxygen atoms in total. The third-order valence-corrected chi connectivity index (χ3v) is 4.28. The molecule has 0 bridgehead atoms. The molecule has 0 saturated heterocycles. The van der Waals surface area contributed by atoms with Gasteiger partial charge in [0.25, 0.3) is 0 Å². The molecule has 0 aliphatic heterocycles. The Bertz CT molecular complexity index is 464. The van der Waals surface area contributed by atoms with Gasteiger partial charge in [0, 0.05) is 12.0 Å². The van der Waals surface area contributed by atoms with Crippen LogP contribution in [-0.4, -0.2) is 24.3 Å². The molecule has 2 atom stereocenters. The van der Waals surface area contributed by atoms with Crippen molar-refractivity contribution in [3.63, 3.8) is 0 Å². The maximum Gasteiger partial charge on any atom is 0.119 e. The van der Waals surface area contributed by atoms with E-state index in [1.165, 1.54) is 25.7 Å². The first-order valence-electron chi connectivity index (χ1n) is 7.81. The van der Waals surface area contributed by atoms with Gasteiger partial charge in [-0.05, 0) is 30.9 Å². The molecule has 0 spiro atoms. The van der Waals surface area contributed by atoms with Gasteiger partial charge in [-0.1, -0.05) is 44.1 Å². The lowest BCUT2D eigenvalue weighted by atomic mass is 9.88. The Balaban J connectivity index is 1.65. The fourth-order valence-electron chi connectivity index (χ4n) is 2.75. The summed E-state index contributed by atoms with van der Waals surface area (Å²) in [5.74, 6) is 1.51. The van der Waals surface area contributed by atoms with Crippen molar-refractivity contribution in [2.75, 3.05) is 13.2 Å². The van der Waals surface area contributed by atoms with Crippen LogP contribution in [0.2, 0.25) is 0 Å². The van der Waals surface area contributed by atoms with Crippen LogP contribution in [-0.2, 0) is 4.74 Å². The summed E-state index contributed by atoms with van der Waals surface area (Å²) in [6, 6.07) is 7.60. The fraction of sp³-hybridized carbons (Fsp3) is 0.588. The standard InChI is InChI=1S/C17H25NO2S/c1-13-6-2-3-9-16(13)20-11-5-10-19-15-8-4-7-14(12-15)17(18)21/h4,7-8,12-13,16H,2-3,5-6,9-11H2,1H3,(H2,18,21). The topological polar surface area (TPSA) is 44.5 Å². The highest BCUT2D eigenvalue weighted by molar-refractivity contribution is 7.80. The van der Waals surface area contributed by atoms with E-state index in [9.17, 15) is 0 Å². The van der Waals surface area contributed by atoms with Crippen molar-refractivity contribution in [3.8, 4) is 5.75 Å². The predicted octanol–water partition coefficient (Wildman–Crippen LogP) is 3.69. The van der Waals surface area contributed by atoms with E-state index < -0.39 is 0 Å². The molecule has 1 aromatic carbocycles. The maximum atomic E-state index is 5.97. The van der Waals surface area contributed by atoms with Gasteiger partial charge in [-0.3, -0.25) is 0 Å². The van der Waals surface area contributed by atoms with E-state index in [0.717, 1.165) is 24.3 Å². The zero-order valence-electron chi connectivity index (χ0n) is 12.7. The second-order valence-corrected chi connectivity index (χ2v) is 6.20. The lowest BCUT2D eigenvalue weighted by Gasteiger charge is -2.28. The molecule has 0 amide bonds. The second kappa shape index (κ2) is 8.35. The highest BCUT2D eigenvalue weighted by Gasteiger charge is 2.21. The average molecular weight is 307 g/mol. The molecule has 2 N–H and O–H groups in total. The summed E-state index contributed by atoms with van der Waals surface area (Å²) < 4.78 is 11.7. The van der Waals surface area contributed by atoms with E-state index in [0.29, 0.717) is 23.6 Å². The summed E-state index contributed by atoms with van der Waals surface area (Å²) >= 11 is 4.96. The van der Waals surface area contributed by atoms with Gasteiger partial charge in [-0.25, -0.2) is 0 Å². The van der Waals surface area contributed by atoms with E-state index in [2.05, 4.69) is 6.92 Å². The Morgan fingerprint density at radius 2 is 2.10 bits per heavy atom. The molecular formula is C17H25NO2S. The van der Waals surface area contributed by atoms with Crippen LogP contribution in [0.3, 0.4) is 0 Å². The van der Waals surface area contributed by atoms with E-state index in [-0.39, 0.29) is 0 Å². The van der Waals surface area contributed by atoms with Gasteiger partial charge in [0.15, 0.2) is 0 Å². The van der Waals surface area contributed by atoms with Crippen LogP contribution in [0.1, 0.15) is 44.6 Å². The van der Waals surface area contributed by atoms with Crippen LogP contribution in [0.5, 0.6) is 5.75 Å². The predicted molar refractivity (Wildman–Crippen MR) is 89.8 cm³/mol. The minimum atomic E-state index is 0.398. The SMILES string of the molecule is CC1CCCCC1OCCCOc1cccc(C(N)=S)c1. The molecule has 2 rings (SSSR count). The van der Waals surface area contributed by atoms with Crippen molar-refractivity contribution in [3.05, 3.63) is 29.8 Å². The molecule has 1 saturated carbocycles. The Labute approximate surface area is 132 Å². The number of thiocarbonyl (C=S) groups is 1. The lowest BCUT2D eigenvalue weighted by molar-refractivity contribution is -0.00912. The number of hydrogen-bond acceptors (Lipinski definition) is 3. The van der Waals surface area contributed by atoms with Gasteiger partial charge in [-0.2, -0.15) is 0 Å². The molecule has 116 valence electrons. The molecule has 1 aromatic rings. The molecule has 21 heavy (non-hydrogen) atoms. The molecule has 1 fully saturated rings. The summed E-state index contributed by atoms with van der Waals surface area (Å²) in [4.78, 5) is 0.398. The van der Waals surface area contributed by atoms with Crippen molar-refractivity contribution < 1.29 is 9.47 Å². The van der Waals surface area contributed by atoms with E-state index in [4.69, 9.17) is 27.4 Å². The molecule has 1 aliphatic carbocycles. The highest BCUT2D eigenvalue weighted by atomic mass is 32.1. The molecule has 4 heteroatoms. The first-order valence-corrected chi connectivity index (χ1v) is 8.22. The Morgan fingerprint density at radius 3 is 2.86 bits per heavy atom. The van der Waals surface area contributed by atoms with E-state index in [1.54, 1.807) is 0 Å². The highest BCUT2D eigenvalue weighted by Crippen LogP contribution is 2.26. The smallest absolute Gasteiger partial charge is 0.119 e. The second-order valence-electron chi connectivity index (χ2n) is 5.77. The monoisotopic (exact) mass is 307 g/mol. The normalized spacial score (nSPS) is 22.0. The number of rotatable bonds is 7. The average Bonchev–Trinajstić information content (AvgIpc) is 2.49. The summed E-state index contributed by atoms with van der Waals surface area (Å²) in [7, 11) is 0. The van der Waals surface area contributed by atoms with Gasteiger partial charge in [0.1, 0.15) is 10.7 Å². The Morgan fingerprint density at radius 1 is 1.29 bits per heavy atom. The third-order valence-electron chi connectivity index (χ3n) is 4.04. The van der Waals surface area contributed by atoms with Gasteiger partial charge in [-0.15, -0.1) is 0 Å². The first-order chi connectivity index (χ1) is 10.2. The molecular weight excluding hydrogens is 282 g/mol. The van der Waals surface area contributed by atoms with Crippen LogP contribution < -0.4 is 10.5 Å². The molecule has 0 aromatic heterocycles. The van der Waals surface area contributed by atoms with Crippen molar-refractivity contribution >= 4 is 17.2 Å². The Hall–Kier alpha value is -1.13. The minimum absolute atomic E-state index is 0.398. The number of benzene rings is 1. The van der Waals surface area contributed by atoms with Crippen LogP contribution in [0.15, 0.2) is 24.3 Å². The summed E-state index contributed by atoms with van der Waals surface area (Å²) in [5.41, 5.74) is 6.45. The zero-order chi connectivity index (χ0) is 15.1. The summed E-state index contributed by atoms with van der Waals surface area (Å²) in [6.07, 6.45) is 6.50. The quantitative estimate of drug-likeness (QED) is 0.616. The lowest BCUT2D eigenvalue weighted by Crippen LogP contribution is -2.26. The maximum absolute atomic E-state index is 5.97. The summed E-state index contributed by atoms with van der Waals surface area (Å²) in [5, 5.41) is 0. The van der Waals surface area contributed by atoms with Crippen molar-refractivity contribution in [2.24, 2.45) is 11.7 Å². The van der Waals surface area contributed by atoms with Crippen molar-refractivity contribution in [1.29, 1.82) is 0 Å². The molecule has 1 aliphatic rings. The van der Waals surface area contributed by atoms with Gasteiger partial charge < -0.3 is 15.2 Å². The zero-order valence-corrected chi connectivity index (χ0v) is 13.5. The largest absolute Gasteiger partial charge is 0.493 e. The Kier molecular flexibility index (Phi) is 6.46. The molecule has 0 heterocycles. The van der Waals surface area contributed by atoms with Crippen LogP contribution in [0.4, 0.5) is 0 Å². The van der Waals surface area contributed by atoms with Gasteiger partial charge in [0.2, 0.25) is 0 Å². The molecule has 2 unspecified atom stereocenters.